The molecule has 31 heavy (non-hydrogen) atoms. The van der Waals surface area contributed by atoms with Crippen molar-refractivity contribution < 1.29 is 9.53 Å². The van der Waals surface area contributed by atoms with Gasteiger partial charge in [-0.3, -0.25) is 4.79 Å². The average molecular weight is 407 g/mol. The van der Waals surface area contributed by atoms with Crippen molar-refractivity contribution in [3.63, 3.8) is 0 Å². The van der Waals surface area contributed by atoms with Crippen LogP contribution in [0.15, 0.2) is 91.5 Å². The van der Waals surface area contributed by atoms with Gasteiger partial charge in [-0.05, 0) is 72.0 Å². The first-order chi connectivity index (χ1) is 15.1. The Bertz CT molecular complexity index is 1240. The molecule has 0 bridgehead atoms. The molecule has 3 aromatic carbocycles. The number of benzene rings is 3. The van der Waals surface area contributed by atoms with Gasteiger partial charge in [0.25, 0.3) is 0 Å². The van der Waals surface area contributed by atoms with Crippen LogP contribution < -0.4 is 10.1 Å². The molecule has 1 aromatic heterocycles. The number of hydrogen-bond acceptors (Lipinski definition) is 4. The van der Waals surface area contributed by atoms with Crippen LogP contribution in [-0.4, -0.2) is 15.9 Å². The first kappa shape index (κ1) is 19.0. The molecule has 0 saturated heterocycles. The highest BCUT2D eigenvalue weighted by Crippen LogP contribution is 2.42. The minimum absolute atomic E-state index is 0.00957. The van der Waals surface area contributed by atoms with Gasteiger partial charge < -0.3 is 10.1 Å². The van der Waals surface area contributed by atoms with Gasteiger partial charge in [0.15, 0.2) is 0 Å². The predicted molar refractivity (Wildman–Crippen MR) is 120 cm³/mol. The van der Waals surface area contributed by atoms with Crippen LogP contribution in [0.3, 0.4) is 0 Å². The van der Waals surface area contributed by atoms with Crippen LogP contribution in [0.1, 0.15) is 18.1 Å². The van der Waals surface area contributed by atoms with Crippen LogP contribution in [0.2, 0.25) is 0 Å². The van der Waals surface area contributed by atoms with Gasteiger partial charge in [0.1, 0.15) is 17.8 Å². The molecular weight excluding hydrogens is 386 g/mol. The number of aromatic nitrogens is 2. The summed E-state index contributed by atoms with van der Waals surface area (Å²) >= 11 is 0. The second-order valence-electron chi connectivity index (χ2n) is 7.91. The standard InChI is InChI=1S/C26H21N3O2/c1-26(14-18-15-27-17-28-16-18)23-13-20(10-11-24(23)29-25(26)30)19-6-5-9-22(12-19)31-21-7-3-2-4-8-21/h2-13,15-17H,14H2,1H3,(H,29,30). The van der Waals surface area contributed by atoms with Gasteiger partial charge in [-0.1, -0.05) is 36.4 Å². The largest absolute Gasteiger partial charge is 0.457 e. The lowest BCUT2D eigenvalue weighted by molar-refractivity contribution is -0.120. The van der Waals surface area contributed by atoms with E-state index in [0.29, 0.717) is 6.42 Å². The van der Waals surface area contributed by atoms with Crippen LogP contribution in [-0.2, 0) is 16.6 Å². The zero-order chi connectivity index (χ0) is 21.3. The van der Waals surface area contributed by atoms with E-state index in [2.05, 4.69) is 21.4 Å². The Morgan fingerprint density at radius 1 is 0.871 bits per heavy atom. The lowest BCUT2D eigenvalue weighted by atomic mass is 9.78. The van der Waals surface area contributed by atoms with E-state index >= 15 is 0 Å². The summed E-state index contributed by atoms with van der Waals surface area (Å²) in [4.78, 5) is 21.1. The van der Waals surface area contributed by atoms with E-state index in [1.54, 1.807) is 12.4 Å². The number of para-hydroxylation sites is 1. The van der Waals surface area contributed by atoms with Gasteiger partial charge >= 0.3 is 0 Å². The maximum Gasteiger partial charge on any atom is 0.235 e. The smallest absolute Gasteiger partial charge is 0.235 e. The molecule has 2 heterocycles. The SMILES string of the molecule is CC1(Cc2cncnc2)C(=O)Nc2ccc(-c3cccc(Oc4ccccc4)c3)cc21. The quantitative estimate of drug-likeness (QED) is 0.482. The number of fused-ring (bicyclic) bond motifs is 1. The molecule has 1 aliphatic heterocycles. The molecule has 5 rings (SSSR count). The minimum atomic E-state index is -0.686. The van der Waals surface area contributed by atoms with E-state index in [1.807, 2.05) is 73.7 Å². The van der Waals surface area contributed by atoms with Gasteiger partial charge in [0.05, 0.1) is 5.41 Å². The van der Waals surface area contributed by atoms with Crippen molar-refractivity contribution in [2.45, 2.75) is 18.8 Å². The third-order valence-corrected chi connectivity index (χ3v) is 5.68. The highest BCUT2D eigenvalue weighted by molar-refractivity contribution is 6.06. The number of ether oxygens (including phenoxy) is 1. The third kappa shape index (κ3) is 3.66. The predicted octanol–water partition coefficient (Wildman–Crippen LogP) is 5.39. The molecule has 4 aromatic rings. The topological polar surface area (TPSA) is 64.1 Å². The summed E-state index contributed by atoms with van der Waals surface area (Å²) in [5.74, 6) is 1.55. The number of anilines is 1. The average Bonchev–Trinajstić information content (AvgIpc) is 3.04. The Morgan fingerprint density at radius 3 is 2.42 bits per heavy atom. The molecule has 152 valence electrons. The molecule has 5 nitrogen and oxygen atoms in total. The zero-order valence-corrected chi connectivity index (χ0v) is 17.1. The van der Waals surface area contributed by atoms with E-state index in [-0.39, 0.29) is 5.91 Å². The lowest BCUT2D eigenvalue weighted by Crippen LogP contribution is -2.33. The molecule has 0 spiro atoms. The molecular formula is C26H21N3O2. The van der Waals surface area contributed by atoms with Crippen molar-refractivity contribution in [1.82, 2.24) is 9.97 Å². The molecule has 1 N–H and O–H groups in total. The maximum atomic E-state index is 12.9. The fourth-order valence-electron chi connectivity index (χ4n) is 4.04. The Morgan fingerprint density at radius 2 is 1.61 bits per heavy atom. The lowest BCUT2D eigenvalue weighted by Gasteiger charge is -2.22. The number of amides is 1. The molecule has 1 aliphatic rings. The second-order valence-corrected chi connectivity index (χ2v) is 7.91. The van der Waals surface area contributed by atoms with Crippen molar-refractivity contribution in [3.8, 4) is 22.6 Å². The molecule has 5 heteroatoms. The third-order valence-electron chi connectivity index (χ3n) is 5.68. The summed E-state index contributed by atoms with van der Waals surface area (Å²) < 4.78 is 5.99. The summed E-state index contributed by atoms with van der Waals surface area (Å²) in [7, 11) is 0. The molecule has 0 aliphatic carbocycles. The maximum absolute atomic E-state index is 12.9. The van der Waals surface area contributed by atoms with Gasteiger partial charge in [-0.25, -0.2) is 9.97 Å². The highest BCUT2D eigenvalue weighted by atomic mass is 16.5. The number of rotatable bonds is 5. The summed E-state index contributed by atoms with van der Waals surface area (Å²) in [6, 6.07) is 23.8. The van der Waals surface area contributed by atoms with Crippen molar-refractivity contribution in [2.24, 2.45) is 0 Å². The van der Waals surface area contributed by atoms with E-state index in [9.17, 15) is 4.79 Å². The minimum Gasteiger partial charge on any atom is -0.457 e. The summed E-state index contributed by atoms with van der Waals surface area (Å²) in [5.41, 5.74) is 4.13. The van der Waals surface area contributed by atoms with E-state index < -0.39 is 5.41 Å². The van der Waals surface area contributed by atoms with Crippen molar-refractivity contribution in [3.05, 3.63) is 103 Å². The normalized spacial score (nSPS) is 17.1. The molecule has 1 amide bonds. The monoisotopic (exact) mass is 407 g/mol. The fourth-order valence-corrected chi connectivity index (χ4v) is 4.04. The van der Waals surface area contributed by atoms with Crippen LogP contribution in [0, 0.1) is 0 Å². The number of carbonyl (C=O) groups excluding carboxylic acids is 1. The summed E-state index contributed by atoms with van der Waals surface area (Å²) in [5, 5.41) is 3.03. The van der Waals surface area contributed by atoms with Gasteiger partial charge in [-0.15, -0.1) is 0 Å². The molecule has 0 fully saturated rings. The number of carbonyl (C=O) groups is 1. The van der Waals surface area contributed by atoms with Crippen LogP contribution >= 0.6 is 0 Å². The second kappa shape index (κ2) is 7.69. The Labute approximate surface area is 180 Å². The number of hydrogen-bond donors (Lipinski definition) is 1. The zero-order valence-electron chi connectivity index (χ0n) is 17.1. The van der Waals surface area contributed by atoms with Gasteiger partial charge in [-0.2, -0.15) is 0 Å². The Hall–Kier alpha value is -3.99. The van der Waals surface area contributed by atoms with E-state index in [1.165, 1.54) is 6.33 Å². The first-order valence-corrected chi connectivity index (χ1v) is 10.1. The van der Waals surface area contributed by atoms with Crippen LogP contribution in [0.25, 0.3) is 11.1 Å². The number of nitrogens with zero attached hydrogens (tertiary/aromatic N) is 2. The molecule has 0 saturated carbocycles. The van der Waals surface area contributed by atoms with E-state index in [4.69, 9.17) is 4.74 Å². The van der Waals surface area contributed by atoms with Crippen LogP contribution in [0.4, 0.5) is 5.69 Å². The molecule has 1 atom stereocenters. The highest BCUT2D eigenvalue weighted by Gasteiger charge is 2.42. The number of nitrogens with one attached hydrogen (secondary N) is 1. The Kier molecular flexibility index (Phi) is 4.71. The van der Waals surface area contributed by atoms with E-state index in [0.717, 1.165) is 39.4 Å². The van der Waals surface area contributed by atoms with Gasteiger partial charge in [0, 0.05) is 18.1 Å². The Balaban J connectivity index is 1.49. The fraction of sp³-hybridized carbons (Fsp3) is 0.115. The molecule has 0 radical (unpaired) electrons. The van der Waals surface area contributed by atoms with Crippen molar-refractivity contribution in [2.75, 3.05) is 5.32 Å². The first-order valence-electron chi connectivity index (χ1n) is 10.1. The van der Waals surface area contributed by atoms with Gasteiger partial charge in [0.2, 0.25) is 5.91 Å². The summed E-state index contributed by atoms with van der Waals surface area (Å²) in [6.07, 6.45) is 5.56. The van der Waals surface area contributed by atoms with Crippen molar-refractivity contribution in [1.29, 1.82) is 0 Å². The van der Waals surface area contributed by atoms with Crippen LogP contribution in [0.5, 0.6) is 11.5 Å². The molecule has 1 unspecified atom stereocenters. The van der Waals surface area contributed by atoms with Crippen molar-refractivity contribution >= 4 is 11.6 Å². The summed E-state index contributed by atoms with van der Waals surface area (Å²) in [6.45, 7) is 1.97.